The largest absolute Gasteiger partial charge is 0.454 e. The van der Waals surface area contributed by atoms with Crippen molar-refractivity contribution in [3.8, 4) is 11.5 Å². The summed E-state index contributed by atoms with van der Waals surface area (Å²) in [6.07, 6.45) is 2.47. The number of anilines is 1. The fraction of sp³-hybridized carbons (Fsp3) is 0.462. The lowest BCUT2D eigenvalue weighted by atomic mass is 10.2. The van der Waals surface area contributed by atoms with Gasteiger partial charge in [-0.1, -0.05) is 31.6 Å². The molecule has 0 spiro atoms. The number of ether oxygens (including phenoxy) is 2. The molecule has 200 valence electrons. The number of benzene rings is 2. The van der Waals surface area contributed by atoms with Crippen LogP contribution < -0.4 is 14.4 Å². The van der Waals surface area contributed by atoms with Crippen LogP contribution in [0.25, 0.3) is 10.2 Å². The Hall–Kier alpha value is -2.73. The van der Waals surface area contributed by atoms with Crippen molar-refractivity contribution in [1.29, 1.82) is 0 Å². The molecule has 0 atom stereocenters. The summed E-state index contributed by atoms with van der Waals surface area (Å²) in [6, 6.07) is 9.94. The van der Waals surface area contributed by atoms with Crippen LogP contribution in [0.5, 0.6) is 11.5 Å². The van der Waals surface area contributed by atoms with Crippen LogP contribution in [0.3, 0.4) is 0 Å². The SMILES string of the molecule is CCCCN(CC)S(=O)(=O)c1ccc(C(=O)N(CCCN(C)C)c2nc3cc4c(cc3s2)OCO4)cc1. The molecule has 0 fully saturated rings. The molecule has 3 aromatic rings. The Balaban J connectivity index is 1.61. The lowest BCUT2D eigenvalue weighted by Crippen LogP contribution is -2.34. The Morgan fingerprint density at radius 1 is 1.00 bits per heavy atom. The van der Waals surface area contributed by atoms with Gasteiger partial charge in [-0.3, -0.25) is 9.69 Å². The molecule has 1 aromatic heterocycles. The maximum Gasteiger partial charge on any atom is 0.260 e. The first-order chi connectivity index (χ1) is 17.7. The highest BCUT2D eigenvalue weighted by Crippen LogP contribution is 2.40. The summed E-state index contributed by atoms with van der Waals surface area (Å²) >= 11 is 1.42. The Kier molecular flexibility index (Phi) is 8.68. The molecular weight excluding hydrogens is 512 g/mol. The molecule has 2 heterocycles. The van der Waals surface area contributed by atoms with Crippen LogP contribution in [0.15, 0.2) is 41.3 Å². The summed E-state index contributed by atoms with van der Waals surface area (Å²) in [7, 11) is 0.366. The number of rotatable bonds is 12. The molecule has 1 aliphatic heterocycles. The van der Waals surface area contributed by atoms with Gasteiger partial charge in [0.15, 0.2) is 16.6 Å². The molecule has 9 nitrogen and oxygen atoms in total. The molecule has 1 aliphatic rings. The average molecular weight is 547 g/mol. The van der Waals surface area contributed by atoms with E-state index >= 15 is 0 Å². The van der Waals surface area contributed by atoms with Gasteiger partial charge < -0.3 is 14.4 Å². The lowest BCUT2D eigenvalue weighted by Gasteiger charge is -2.22. The first kappa shape index (κ1) is 27.3. The Labute approximate surface area is 222 Å². The topological polar surface area (TPSA) is 92.3 Å². The summed E-state index contributed by atoms with van der Waals surface area (Å²) in [6.45, 7) is 6.23. The Morgan fingerprint density at radius 2 is 1.70 bits per heavy atom. The molecule has 0 saturated heterocycles. The van der Waals surface area contributed by atoms with Gasteiger partial charge in [0, 0.05) is 37.3 Å². The van der Waals surface area contributed by atoms with Gasteiger partial charge in [0.25, 0.3) is 5.91 Å². The highest BCUT2D eigenvalue weighted by atomic mass is 32.2. The molecule has 37 heavy (non-hydrogen) atoms. The second-order valence-electron chi connectivity index (χ2n) is 9.16. The zero-order chi connectivity index (χ0) is 26.6. The zero-order valence-corrected chi connectivity index (χ0v) is 23.4. The van der Waals surface area contributed by atoms with Crippen LogP contribution in [-0.4, -0.2) is 75.6 Å². The van der Waals surface area contributed by atoms with Crippen LogP contribution in [0.4, 0.5) is 5.13 Å². The van der Waals surface area contributed by atoms with Gasteiger partial charge in [0.1, 0.15) is 0 Å². The predicted octanol–water partition coefficient (Wildman–Crippen LogP) is 4.43. The Bertz CT molecular complexity index is 1300. The molecule has 4 rings (SSSR count). The van der Waals surface area contributed by atoms with E-state index in [1.807, 2.05) is 40.1 Å². The number of fused-ring (bicyclic) bond motifs is 2. The van der Waals surface area contributed by atoms with Crippen LogP contribution in [0.1, 0.15) is 43.5 Å². The molecule has 0 N–H and O–H groups in total. The molecule has 11 heteroatoms. The number of sulfonamides is 1. The number of thiazole rings is 1. The summed E-state index contributed by atoms with van der Waals surface area (Å²) in [5.74, 6) is 1.09. The van der Waals surface area contributed by atoms with Gasteiger partial charge in [0.2, 0.25) is 16.8 Å². The van der Waals surface area contributed by atoms with E-state index < -0.39 is 10.0 Å². The number of carbonyl (C=O) groups excluding carboxylic acids is 1. The summed E-state index contributed by atoms with van der Waals surface area (Å²) < 4.78 is 39.5. The van der Waals surface area contributed by atoms with Gasteiger partial charge in [0.05, 0.1) is 15.1 Å². The van der Waals surface area contributed by atoms with Crippen LogP contribution in [0.2, 0.25) is 0 Å². The number of hydrogen-bond acceptors (Lipinski definition) is 8. The number of hydrogen-bond donors (Lipinski definition) is 0. The maximum absolute atomic E-state index is 13.7. The van der Waals surface area contributed by atoms with Crippen molar-refractivity contribution in [3.05, 3.63) is 42.0 Å². The highest BCUT2D eigenvalue weighted by Gasteiger charge is 2.26. The third kappa shape index (κ3) is 6.06. The highest BCUT2D eigenvalue weighted by molar-refractivity contribution is 7.89. The van der Waals surface area contributed by atoms with Gasteiger partial charge in [-0.2, -0.15) is 4.31 Å². The molecule has 2 aromatic carbocycles. The van der Waals surface area contributed by atoms with Crippen molar-refractivity contribution < 1.29 is 22.7 Å². The summed E-state index contributed by atoms with van der Waals surface area (Å²) in [5.41, 5.74) is 1.15. The monoisotopic (exact) mass is 546 g/mol. The van der Waals surface area contributed by atoms with Gasteiger partial charge >= 0.3 is 0 Å². The number of aromatic nitrogens is 1. The summed E-state index contributed by atoms with van der Waals surface area (Å²) in [5, 5.41) is 0.579. The van der Waals surface area contributed by atoms with E-state index in [2.05, 4.69) is 4.90 Å². The van der Waals surface area contributed by atoms with E-state index in [-0.39, 0.29) is 17.6 Å². The Morgan fingerprint density at radius 3 is 2.35 bits per heavy atom. The van der Waals surface area contributed by atoms with Crippen LogP contribution >= 0.6 is 11.3 Å². The van der Waals surface area contributed by atoms with Crippen molar-refractivity contribution in [2.24, 2.45) is 0 Å². The number of amides is 1. The number of nitrogens with zero attached hydrogens (tertiary/aromatic N) is 4. The van der Waals surface area contributed by atoms with Crippen molar-refractivity contribution in [2.45, 2.75) is 38.0 Å². The quantitative estimate of drug-likeness (QED) is 0.332. The minimum absolute atomic E-state index is 0.189. The maximum atomic E-state index is 13.7. The van der Waals surface area contributed by atoms with Crippen molar-refractivity contribution >= 4 is 42.6 Å². The standard InChI is InChI=1S/C26H34N4O5S2/c1-5-7-14-29(6-2)37(32,33)20-11-9-19(10-12-20)25(31)30(15-8-13-28(3)4)26-27-21-16-22-23(35-18-34-22)17-24(21)36-26/h9-12,16-17H,5-8,13-15,18H2,1-4H3. The van der Waals surface area contributed by atoms with E-state index in [4.69, 9.17) is 14.5 Å². The first-order valence-electron chi connectivity index (χ1n) is 12.5. The van der Waals surface area contributed by atoms with E-state index in [0.29, 0.717) is 41.8 Å². The average Bonchev–Trinajstić information content (AvgIpc) is 3.50. The smallest absolute Gasteiger partial charge is 0.260 e. The third-order valence-electron chi connectivity index (χ3n) is 6.19. The van der Waals surface area contributed by atoms with Crippen molar-refractivity contribution in [3.63, 3.8) is 0 Å². The third-order valence-corrected chi connectivity index (χ3v) is 9.22. The van der Waals surface area contributed by atoms with Gasteiger partial charge in [-0.05, 0) is 57.7 Å². The van der Waals surface area contributed by atoms with E-state index in [9.17, 15) is 13.2 Å². The first-order valence-corrected chi connectivity index (χ1v) is 14.8. The van der Waals surface area contributed by atoms with Gasteiger partial charge in [-0.25, -0.2) is 13.4 Å². The number of carbonyl (C=O) groups is 1. The molecule has 0 unspecified atom stereocenters. The molecule has 0 radical (unpaired) electrons. The van der Waals surface area contributed by atoms with Crippen molar-refractivity contribution in [2.75, 3.05) is 52.0 Å². The molecule has 0 bridgehead atoms. The molecular formula is C26H34N4O5S2. The van der Waals surface area contributed by atoms with Crippen molar-refractivity contribution in [1.82, 2.24) is 14.2 Å². The number of unbranched alkanes of at least 4 members (excludes halogenated alkanes) is 1. The fourth-order valence-corrected chi connectivity index (χ4v) is 6.60. The second-order valence-corrected chi connectivity index (χ2v) is 12.1. The van der Waals surface area contributed by atoms with Gasteiger partial charge in [-0.15, -0.1) is 0 Å². The molecule has 0 saturated carbocycles. The second kappa shape index (κ2) is 11.8. The molecule has 1 amide bonds. The van der Waals surface area contributed by atoms with E-state index in [1.165, 1.54) is 27.8 Å². The summed E-state index contributed by atoms with van der Waals surface area (Å²) in [4.78, 5) is 22.3. The normalized spacial score (nSPS) is 13.1. The lowest BCUT2D eigenvalue weighted by molar-refractivity contribution is 0.0986. The van der Waals surface area contributed by atoms with E-state index in [0.717, 1.165) is 36.0 Å². The van der Waals surface area contributed by atoms with E-state index in [1.54, 1.807) is 17.0 Å². The fourth-order valence-electron chi connectivity index (χ4n) is 4.11. The predicted molar refractivity (Wildman–Crippen MR) is 146 cm³/mol. The minimum atomic E-state index is -3.62. The zero-order valence-electron chi connectivity index (χ0n) is 21.8. The van der Waals surface area contributed by atoms with Crippen LogP contribution in [0, 0.1) is 0 Å². The van der Waals surface area contributed by atoms with Crippen LogP contribution in [-0.2, 0) is 10.0 Å². The minimum Gasteiger partial charge on any atom is -0.454 e. The molecule has 0 aliphatic carbocycles.